The summed E-state index contributed by atoms with van der Waals surface area (Å²) >= 11 is 3.07. The largest absolute Gasteiger partial charge is 0.352 e. The Kier molecular flexibility index (Phi) is 4.51. The van der Waals surface area contributed by atoms with Crippen molar-refractivity contribution >= 4 is 60.1 Å². The molecule has 7 nitrogen and oxygen atoms in total. The van der Waals surface area contributed by atoms with E-state index in [0.29, 0.717) is 24.0 Å². The predicted octanol–water partition coefficient (Wildman–Crippen LogP) is 4.15. The minimum atomic E-state index is -0.350. The van der Waals surface area contributed by atoms with Crippen LogP contribution in [0.25, 0.3) is 20.4 Å². The quantitative estimate of drug-likeness (QED) is 0.512. The van der Waals surface area contributed by atoms with Crippen LogP contribution in [0.1, 0.15) is 11.4 Å². The maximum absolute atomic E-state index is 13.9. The standard InChI is InChI=1S/C19H17FN6OS2/c1-10-22-13-4-5-14-16(15(13)28-10)29-19(24-14)25-18(27)23-11-6-8-26(9-11)17-12(20)3-2-7-21-17/h2-5,7,11H,6,8-9H2,1H3,(H2,23,24,25,27). The number of hydrogen-bond acceptors (Lipinski definition) is 7. The summed E-state index contributed by atoms with van der Waals surface area (Å²) < 4.78 is 16.0. The van der Waals surface area contributed by atoms with Crippen molar-refractivity contribution in [3.8, 4) is 0 Å². The Morgan fingerprint density at radius 2 is 2.00 bits per heavy atom. The normalized spacial score (nSPS) is 16.6. The third-order valence-corrected chi connectivity index (χ3v) is 6.94. The van der Waals surface area contributed by atoms with Gasteiger partial charge in [-0.25, -0.2) is 24.1 Å². The fourth-order valence-corrected chi connectivity index (χ4v) is 5.54. The zero-order valence-corrected chi connectivity index (χ0v) is 17.1. The summed E-state index contributed by atoms with van der Waals surface area (Å²) in [6.07, 6.45) is 2.30. The Labute approximate surface area is 173 Å². The average molecular weight is 429 g/mol. The van der Waals surface area contributed by atoms with Crippen LogP contribution in [0, 0.1) is 12.7 Å². The average Bonchev–Trinajstić information content (AvgIpc) is 3.39. The first-order valence-corrected chi connectivity index (χ1v) is 10.8. The van der Waals surface area contributed by atoms with Gasteiger partial charge in [-0.1, -0.05) is 11.3 Å². The van der Waals surface area contributed by atoms with E-state index in [-0.39, 0.29) is 17.9 Å². The smallest absolute Gasteiger partial charge is 0.321 e. The Hall–Kier alpha value is -2.85. The first-order chi connectivity index (χ1) is 14.1. The first kappa shape index (κ1) is 18.2. The molecule has 0 spiro atoms. The van der Waals surface area contributed by atoms with Gasteiger partial charge in [-0.2, -0.15) is 0 Å². The molecule has 0 saturated carbocycles. The summed E-state index contributed by atoms with van der Waals surface area (Å²) in [5, 5.41) is 7.32. The number of halogens is 1. The van der Waals surface area contributed by atoms with Crippen LogP contribution < -0.4 is 15.5 Å². The van der Waals surface area contributed by atoms with Crippen LogP contribution in [0.3, 0.4) is 0 Å². The number of anilines is 2. The molecule has 4 aromatic rings. The molecule has 1 fully saturated rings. The Balaban J connectivity index is 1.26. The number of carbonyl (C=O) groups is 1. The topological polar surface area (TPSA) is 83.0 Å². The van der Waals surface area contributed by atoms with Gasteiger partial charge < -0.3 is 10.2 Å². The summed E-state index contributed by atoms with van der Waals surface area (Å²) in [5.41, 5.74) is 1.80. The van der Waals surface area contributed by atoms with Crippen molar-refractivity contribution < 1.29 is 9.18 Å². The molecule has 29 heavy (non-hydrogen) atoms. The van der Waals surface area contributed by atoms with Crippen LogP contribution in [-0.2, 0) is 0 Å². The molecular formula is C19H17FN6OS2. The zero-order valence-electron chi connectivity index (χ0n) is 15.5. The number of hydrogen-bond donors (Lipinski definition) is 2. The molecule has 1 saturated heterocycles. The molecule has 1 aliphatic heterocycles. The van der Waals surface area contributed by atoms with Gasteiger partial charge in [0.15, 0.2) is 16.8 Å². The molecule has 148 valence electrons. The van der Waals surface area contributed by atoms with E-state index in [4.69, 9.17) is 0 Å². The molecule has 2 amide bonds. The number of benzene rings is 1. The number of aryl methyl sites for hydroxylation is 1. The van der Waals surface area contributed by atoms with Crippen LogP contribution in [0.2, 0.25) is 0 Å². The zero-order chi connectivity index (χ0) is 20.0. The molecule has 3 aromatic heterocycles. The number of rotatable bonds is 3. The summed E-state index contributed by atoms with van der Waals surface area (Å²) in [7, 11) is 0. The fourth-order valence-electron chi connectivity index (χ4n) is 3.54. The van der Waals surface area contributed by atoms with E-state index >= 15 is 0 Å². The minimum absolute atomic E-state index is 0.0818. The minimum Gasteiger partial charge on any atom is -0.352 e. The van der Waals surface area contributed by atoms with Crippen LogP contribution in [0.4, 0.5) is 20.1 Å². The second-order valence-electron chi connectivity index (χ2n) is 6.85. The summed E-state index contributed by atoms with van der Waals surface area (Å²) in [6, 6.07) is 6.44. The van der Waals surface area contributed by atoms with Gasteiger partial charge in [-0.3, -0.25) is 5.32 Å². The highest BCUT2D eigenvalue weighted by Crippen LogP contribution is 2.35. The highest BCUT2D eigenvalue weighted by Gasteiger charge is 2.26. The van der Waals surface area contributed by atoms with E-state index < -0.39 is 0 Å². The highest BCUT2D eigenvalue weighted by atomic mass is 32.1. The summed E-state index contributed by atoms with van der Waals surface area (Å²) in [6.45, 7) is 3.14. The molecular weight excluding hydrogens is 411 g/mol. The molecule has 0 aliphatic carbocycles. The SMILES string of the molecule is Cc1nc2ccc3nc(NC(=O)NC4CCN(c5ncccc5F)C4)sc3c2s1. The Morgan fingerprint density at radius 1 is 1.21 bits per heavy atom. The Morgan fingerprint density at radius 3 is 2.83 bits per heavy atom. The third kappa shape index (κ3) is 3.49. The van der Waals surface area contributed by atoms with E-state index in [1.165, 1.54) is 17.4 Å². The number of fused-ring (bicyclic) bond motifs is 3. The van der Waals surface area contributed by atoms with Gasteiger partial charge in [-0.15, -0.1) is 11.3 Å². The first-order valence-electron chi connectivity index (χ1n) is 9.16. The van der Waals surface area contributed by atoms with Gasteiger partial charge in [0.2, 0.25) is 0 Å². The molecule has 0 radical (unpaired) electrons. The Bertz CT molecular complexity index is 1220. The molecule has 1 unspecified atom stereocenters. The van der Waals surface area contributed by atoms with E-state index in [2.05, 4.69) is 25.6 Å². The number of urea groups is 1. The molecule has 1 aromatic carbocycles. The number of pyridine rings is 1. The van der Waals surface area contributed by atoms with Crippen molar-refractivity contribution in [2.24, 2.45) is 0 Å². The lowest BCUT2D eigenvalue weighted by Crippen LogP contribution is -2.39. The summed E-state index contributed by atoms with van der Waals surface area (Å²) in [4.78, 5) is 27.4. The number of nitrogens with zero attached hydrogens (tertiary/aromatic N) is 4. The third-order valence-electron chi connectivity index (χ3n) is 4.80. The van der Waals surface area contributed by atoms with Crippen molar-refractivity contribution in [2.75, 3.05) is 23.3 Å². The molecule has 1 aliphatic rings. The van der Waals surface area contributed by atoms with Crippen molar-refractivity contribution in [3.05, 3.63) is 41.3 Å². The lowest BCUT2D eigenvalue weighted by atomic mass is 10.3. The van der Waals surface area contributed by atoms with Gasteiger partial charge in [0.1, 0.15) is 0 Å². The van der Waals surface area contributed by atoms with Gasteiger partial charge >= 0.3 is 6.03 Å². The van der Waals surface area contributed by atoms with Gasteiger partial charge in [0, 0.05) is 25.3 Å². The number of thiazole rings is 2. The second-order valence-corrected chi connectivity index (χ2v) is 9.06. The maximum Gasteiger partial charge on any atom is 0.321 e. The van der Waals surface area contributed by atoms with Crippen LogP contribution in [0.15, 0.2) is 30.5 Å². The maximum atomic E-state index is 13.9. The van der Waals surface area contributed by atoms with E-state index in [1.807, 2.05) is 24.0 Å². The van der Waals surface area contributed by atoms with Gasteiger partial charge in [0.25, 0.3) is 0 Å². The predicted molar refractivity (Wildman–Crippen MR) is 115 cm³/mol. The van der Waals surface area contributed by atoms with Crippen LogP contribution >= 0.6 is 22.7 Å². The van der Waals surface area contributed by atoms with Crippen LogP contribution in [-0.4, -0.2) is 40.1 Å². The van der Waals surface area contributed by atoms with Crippen molar-refractivity contribution in [2.45, 2.75) is 19.4 Å². The molecule has 4 heterocycles. The lowest BCUT2D eigenvalue weighted by molar-refractivity contribution is 0.249. The number of amides is 2. The molecule has 1 atom stereocenters. The highest BCUT2D eigenvalue weighted by molar-refractivity contribution is 7.28. The second kappa shape index (κ2) is 7.20. The van der Waals surface area contributed by atoms with Gasteiger partial charge in [0.05, 0.1) is 25.4 Å². The fraction of sp³-hybridized carbons (Fsp3) is 0.263. The van der Waals surface area contributed by atoms with Crippen LogP contribution in [0.5, 0.6) is 0 Å². The molecule has 2 N–H and O–H groups in total. The molecule has 0 bridgehead atoms. The van der Waals surface area contributed by atoms with Crippen molar-refractivity contribution in [1.82, 2.24) is 20.3 Å². The van der Waals surface area contributed by atoms with Gasteiger partial charge in [-0.05, 0) is 37.6 Å². The monoisotopic (exact) mass is 428 g/mol. The molecule has 5 rings (SSSR count). The van der Waals surface area contributed by atoms with Crippen molar-refractivity contribution in [3.63, 3.8) is 0 Å². The van der Waals surface area contributed by atoms with Crippen molar-refractivity contribution in [1.29, 1.82) is 0 Å². The lowest BCUT2D eigenvalue weighted by Gasteiger charge is -2.18. The number of carbonyl (C=O) groups excluding carboxylic acids is 1. The summed E-state index contributed by atoms with van der Waals surface area (Å²) in [5.74, 6) is -0.0241. The van der Waals surface area contributed by atoms with E-state index in [1.54, 1.807) is 23.6 Å². The van der Waals surface area contributed by atoms with E-state index in [0.717, 1.165) is 31.9 Å². The van der Waals surface area contributed by atoms with E-state index in [9.17, 15) is 9.18 Å². The molecule has 10 heteroatoms. The number of aromatic nitrogens is 3. The number of nitrogens with one attached hydrogen (secondary N) is 2.